The topological polar surface area (TPSA) is 76.7 Å². The highest BCUT2D eigenvalue weighted by Gasteiger charge is 2.13. The fraction of sp³-hybridized carbons (Fsp3) is 0.200. The van der Waals surface area contributed by atoms with Crippen molar-refractivity contribution in [2.24, 2.45) is 10.8 Å². The van der Waals surface area contributed by atoms with Gasteiger partial charge in [-0.05, 0) is 24.1 Å². The number of rotatable bonds is 3. The average molecular weight is 241 g/mol. The van der Waals surface area contributed by atoms with Gasteiger partial charge in [0.2, 0.25) is 0 Å². The number of hydrogen-bond acceptors (Lipinski definition) is 4. The van der Waals surface area contributed by atoms with E-state index in [4.69, 9.17) is 10.6 Å². The van der Waals surface area contributed by atoms with E-state index < -0.39 is 6.10 Å². The number of hydrogen-bond donors (Lipinski definition) is 2. The number of hydrazine groups is 1. The van der Waals surface area contributed by atoms with Gasteiger partial charge in [-0.15, -0.1) is 12.4 Å². The van der Waals surface area contributed by atoms with E-state index in [2.05, 4.69) is 16.8 Å². The summed E-state index contributed by atoms with van der Waals surface area (Å²) in [5.74, 6) is 4.95. The number of nitrogens with one attached hydrogen (secondary N) is 1. The summed E-state index contributed by atoms with van der Waals surface area (Å²) >= 11 is 0. The first-order valence-electron chi connectivity index (χ1n) is 4.50. The fourth-order valence-corrected chi connectivity index (χ4v) is 1.34. The minimum absolute atomic E-state index is 0. The van der Waals surface area contributed by atoms with E-state index in [9.17, 15) is 4.79 Å². The molecule has 1 unspecified atom stereocenters. The predicted octanol–water partition coefficient (Wildman–Crippen LogP) is 0.767. The maximum Gasteiger partial charge on any atom is 0.128 e. The Hall–Kier alpha value is -1.59. The van der Waals surface area contributed by atoms with Crippen molar-refractivity contribution in [3.05, 3.63) is 29.8 Å². The number of anilines is 1. The third-order valence-corrected chi connectivity index (χ3v) is 2.17. The lowest BCUT2D eigenvalue weighted by atomic mass is 10.1. The number of ether oxygens (including phenoxy) is 1. The molecular weight excluding hydrogens is 230 g/mol. The largest absolute Gasteiger partial charge is 0.577 e. The van der Waals surface area contributed by atoms with Crippen LogP contribution in [0.1, 0.15) is 5.56 Å². The molecular formula is C10H11ClN3O2-. The van der Waals surface area contributed by atoms with Crippen LogP contribution in [0.15, 0.2) is 29.3 Å². The SMILES string of the molecule is Cl.NNc1ccc(CC2O[C-]=NC2=O)cc1. The van der Waals surface area contributed by atoms with Crippen LogP contribution in [-0.4, -0.2) is 18.4 Å². The van der Waals surface area contributed by atoms with Crippen molar-refractivity contribution in [2.45, 2.75) is 12.5 Å². The third-order valence-electron chi connectivity index (χ3n) is 2.17. The van der Waals surface area contributed by atoms with E-state index in [-0.39, 0.29) is 18.3 Å². The van der Waals surface area contributed by atoms with Crippen molar-refractivity contribution in [2.75, 3.05) is 5.43 Å². The molecule has 1 heterocycles. The minimum Gasteiger partial charge on any atom is -0.577 e. The highest BCUT2D eigenvalue weighted by atomic mass is 35.5. The summed E-state index contributed by atoms with van der Waals surface area (Å²) in [5.41, 5.74) is 4.34. The molecule has 1 aromatic rings. The molecule has 1 aromatic carbocycles. The summed E-state index contributed by atoms with van der Waals surface area (Å²) in [6, 6.07) is 7.42. The summed E-state index contributed by atoms with van der Waals surface area (Å²) in [6.07, 6.45) is 2.18. The fourth-order valence-electron chi connectivity index (χ4n) is 1.34. The smallest absolute Gasteiger partial charge is 0.128 e. The summed E-state index contributed by atoms with van der Waals surface area (Å²) in [7, 11) is 0. The molecule has 1 aliphatic heterocycles. The van der Waals surface area contributed by atoms with Crippen LogP contribution in [0.25, 0.3) is 0 Å². The lowest BCUT2D eigenvalue weighted by Gasteiger charge is -2.14. The van der Waals surface area contributed by atoms with E-state index in [0.29, 0.717) is 6.42 Å². The Kier molecular flexibility index (Phi) is 4.28. The molecule has 16 heavy (non-hydrogen) atoms. The van der Waals surface area contributed by atoms with Crippen LogP contribution in [0, 0.1) is 0 Å². The van der Waals surface area contributed by atoms with Gasteiger partial charge in [-0.1, -0.05) is 12.1 Å². The van der Waals surface area contributed by atoms with Gasteiger partial charge < -0.3 is 19.9 Å². The van der Waals surface area contributed by atoms with E-state index in [1.54, 1.807) is 0 Å². The number of carbonyl (C=O) groups is 1. The third kappa shape index (κ3) is 2.71. The lowest BCUT2D eigenvalue weighted by Crippen LogP contribution is -2.19. The van der Waals surface area contributed by atoms with Crippen molar-refractivity contribution < 1.29 is 9.53 Å². The molecule has 2 rings (SSSR count). The van der Waals surface area contributed by atoms with E-state index in [1.165, 1.54) is 0 Å². The number of halogens is 1. The molecule has 1 atom stereocenters. The molecule has 0 spiro atoms. The molecule has 0 fully saturated rings. The van der Waals surface area contributed by atoms with Gasteiger partial charge in [-0.3, -0.25) is 5.84 Å². The van der Waals surface area contributed by atoms with Crippen LogP contribution >= 0.6 is 12.4 Å². The van der Waals surface area contributed by atoms with Gasteiger partial charge in [0.1, 0.15) is 5.91 Å². The zero-order valence-electron chi connectivity index (χ0n) is 8.34. The number of amides is 1. The van der Waals surface area contributed by atoms with Gasteiger partial charge in [0.05, 0.1) is 6.10 Å². The maximum absolute atomic E-state index is 11.1. The van der Waals surface area contributed by atoms with Gasteiger partial charge in [0.15, 0.2) is 0 Å². The molecule has 3 N–H and O–H groups in total. The first-order valence-corrected chi connectivity index (χ1v) is 4.50. The van der Waals surface area contributed by atoms with Gasteiger partial charge in [0.25, 0.3) is 0 Å². The zero-order chi connectivity index (χ0) is 10.7. The number of nitrogen functional groups attached to an aromatic ring is 1. The molecule has 0 saturated heterocycles. The van der Waals surface area contributed by atoms with Crippen LogP contribution in [0.3, 0.4) is 0 Å². The Morgan fingerprint density at radius 1 is 1.44 bits per heavy atom. The van der Waals surface area contributed by atoms with Crippen LogP contribution < -0.4 is 11.3 Å². The molecule has 1 amide bonds. The standard InChI is InChI=1S/C10H10N3O2.ClH/c11-13-8-3-1-7(2-4-8)5-9-10(14)12-6-15-9;/h1-4,9,13H,5,11H2;1H/q-1;. The Morgan fingerprint density at radius 2 is 2.12 bits per heavy atom. The Balaban J connectivity index is 0.00000128. The van der Waals surface area contributed by atoms with Gasteiger partial charge in [-0.25, -0.2) is 0 Å². The van der Waals surface area contributed by atoms with Crippen LogP contribution in [-0.2, 0) is 16.0 Å². The van der Waals surface area contributed by atoms with E-state index >= 15 is 0 Å². The lowest BCUT2D eigenvalue weighted by molar-refractivity contribution is -0.122. The summed E-state index contributed by atoms with van der Waals surface area (Å²) in [4.78, 5) is 14.5. The first kappa shape index (κ1) is 12.5. The molecule has 6 heteroatoms. The summed E-state index contributed by atoms with van der Waals surface area (Å²) in [5, 5.41) is 0. The van der Waals surface area contributed by atoms with E-state index in [0.717, 1.165) is 11.3 Å². The second kappa shape index (κ2) is 5.48. The number of nitrogens with two attached hydrogens (primary N) is 1. The van der Waals surface area contributed by atoms with Crippen molar-refractivity contribution in [1.29, 1.82) is 0 Å². The summed E-state index contributed by atoms with van der Waals surface area (Å²) in [6.45, 7) is 0. The Bertz CT molecular complexity index is 392. The van der Waals surface area contributed by atoms with Gasteiger partial charge >= 0.3 is 0 Å². The number of carbonyl (C=O) groups excluding carboxylic acids is 1. The zero-order valence-corrected chi connectivity index (χ0v) is 9.16. The van der Waals surface area contributed by atoms with E-state index in [1.807, 2.05) is 24.3 Å². The number of aliphatic imine (C=N–C) groups is 1. The second-order valence-corrected chi connectivity index (χ2v) is 3.19. The Labute approximate surface area is 99.1 Å². The molecule has 0 radical (unpaired) electrons. The molecule has 86 valence electrons. The van der Waals surface area contributed by atoms with Gasteiger partial charge in [-0.2, -0.15) is 0 Å². The first-order chi connectivity index (χ1) is 7.29. The normalized spacial score (nSPS) is 17.8. The second-order valence-electron chi connectivity index (χ2n) is 3.19. The maximum atomic E-state index is 11.1. The minimum atomic E-state index is -0.526. The van der Waals surface area contributed by atoms with Crippen LogP contribution in [0.4, 0.5) is 5.69 Å². The molecule has 0 aliphatic carbocycles. The van der Waals surface area contributed by atoms with Crippen LogP contribution in [0.5, 0.6) is 0 Å². The van der Waals surface area contributed by atoms with Crippen molar-refractivity contribution >= 4 is 30.4 Å². The molecule has 0 bridgehead atoms. The average Bonchev–Trinajstić information content (AvgIpc) is 2.66. The molecule has 1 aliphatic rings. The monoisotopic (exact) mass is 240 g/mol. The molecule has 5 nitrogen and oxygen atoms in total. The highest BCUT2D eigenvalue weighted by Crippen LogP contribution is 2.13. The van der Waals surface area contributed by atoms with Gasteiger partial charge in [0, 0.05) is 12.1 Å². The predicted molar refractivity (Wildman–Crippen MR) is 62.5 cm³/mol. The quantitative estimate of drug-likeness (QED) is 0.465. The Morgan fingerprint density at radius 3 is 2.62 bits per heavy atom. The van der Waals surface area contributed by atoms with Crippen molar-refractivity contribution in [3.63, 3.8) is 0 Å². The summed E-state index contributed by atoms with van der Waals surface area (Å²) < 4.78 is 4.92. The number of benzene rings is 1. The number of nitrogens with zero attached hydrogens (tertiary/aromatic N) is 1. The van der Waals surface area contributed by atoms with Crippen LogP contribution in [0.2, 0.25) is 0 Å². The van der Waals surface area contributed by atoms with Crippen molar-refractivity contribution in [1.82, 2.24) is 0 Å². The van der Waals surface area contributed by atoms with Crippen molar-refractivity contribution in [3.8, 4) is 0 Å². The molecule has 0 aromatic heterocycles. The highest BCUT2D eigenvalue weighted by molar-refractivity contribution is 5.91. The molecule has 0 saturated carbocycles.